The molecule has 28 heavy (non-hydrogen) atoms. The second kappa shape index (κ2) is 8.00. The van der Waals surface area contributed by atoms with Crippen molar-refractivity contribution in [2.75, 3.05) is 20.2 Å². The van der Waals surface area contributed by atoms with Gasteiger partial charge >= 0.3 is 6.01 Å². The van der Waals surface area contributed by atoms with E-state index in [9.17, 15) is 9.59 Å². The first kappa shape index (κ1) is 18.5. The van der Waals surface area contributed by atoms with Crippen molar-refractivity contribution in [2.24, 2.45) is 5.92 Å². The van der Waals surface area contributed by atoms with Gasteiger partial charge in [-0.1, -0.05) is 25.0 Å². The molecule has 2 heterocycles. The first-order chi connectivity index (χ1) is 13.6. The Morgan fingerprint density at radius 3 is 2.71 bits per heavy atom. The zero-order valence-electron chi connectivity index (χ0n) is 16.0. The lowest BCUT2D eigenvalue weighted by atomic mass is 10.1. The highest BCUT2D eigenvalue weighted by molar-refractivity contribution is 5.94. The minimum atomic E-state index is -0.131. The summed E-state index contributed by atoms with van der Waals surface area (Å²) in [6.45, 7) is 1.28. The normalized spacial score (nSPS) is 20.0. The lowest BCUT2D eigenvalue weighted by Crippen LogP contribution is -2.36. The van der Waals surface area contributed by atoms with Gasteiger partial charge in [0.25, 0.3) is 5.91 Å². The van der Waals surface area contributed by atoms with Crippen LogP contribution >= 0.6 is 0 Å². The van der Waals surface area contributed by atoms with Crippen LogP contribution in [0.1, 0.15) is 42.5 Å². The number of H-pyrrole nitrogens is 1. The maximum Gasteiger partial charge on any atom is 0.335 e. The molecule has 2 amide bonds. The van der Waals surface area contributed by atoms with Crippen LogP contribution in [0.25, 0.3) is 11.4 Å². The number of ether oxygens (including phenoxy) is 1. The van der Waals surface area contributed by atoms with E-state index < -0.39 is 0 Å². The molecule has 0 unspecified atom stereocenters. The van der Waals surface area contributed by atoms with E-state index in [1.807, 2.05) is 17.0 Å². The number of hydrogen-bond donors (Lipinski definition) is 2. The van der Waals surface area contributed by atoms with Gasteiger partial charge in [0.1, 0.15) is 0 Å². The quantitative estimate of drug-likeness (QED) is 0.795. The van der Waals surface area contributed by atoms with Gasteiger partial charge in [-0.05, 0) is 25.0 Å². The molecule has 2 N–H and O–H groups in total. The van der Waals surface area contributed by atoms with Gasteiger partial charge in [-0.3, -0.25) is 14.7 Å². The van der Waals surface area contributed by atoms with Gasteiger partial charge in [-0.25, -0.2) is 0 Å². The summed E-state index contributed by atoms with van der Waals surface area (Å²) >= 11 is 0. The number of benzene rings is 1. The molecule has 1 aliphatic carbocycles. The van der Waals surface area contributed by atoms with Gasteiger partial charge in [0.05, 0.1) is 7.11 Å². The predicted molar refractivity (Wildman–Crippen MR) is 103 cm³/mol. The molecule has 4 rings (SSSR count). The number of carbonyl (C=O) groups is 2. The van der Waals surface area contributed by atoms with E-state index in [2.05, 4.69) is 20.5 Å². The van der Waals surface area contributed by atoms with Crippen LogP contribution in [0.5, 0.6) is 6.01 Å². The minimum Gasteiger partial charge on any atom is -0.466 e. The molecule has 2 fully saturated rings. The summed E-state index contributed by atoms with van der Waals surface area (Å²) in [6, 6.07) is 7.82. The van der Waals surface area contributed by atoms with Crippen molar-refractivity contribution in [1.29, 1.82) is 0 Å². The highest BCUT2D eigenvalue weighted by Crippen LogP contribution is 2.29. The Morgan fingerprint density at radius 2 is 2.04 bits per heavy atom. The number of amides is 2. The van der Waals surface area contributed by atoms with Crippen LogP contribution in [0.4, 0.5) is 0 Å². The first-order valence-electron chi connectivity index (χ1n) is 9.78. The molecular formula is C20H25N5O3. The van der Waals surface area contributed by atoms with Crippen LogP contribution in [0.2, 0.25) is 0 Å². The number of aromatic nitrogens is 3. The second-order valence-electron chi connectivity index (χ2n) is 7.51. The Labute approximate surface area is 163 Å². The fourth-order valence-corrected chi connectivity index (χ4v) is 4.10. The fourth-order valence-electron chi connectivity index (χ4n) is 4.10. The van der Waals surface area contributed by atoms with Crippen LogP contribution in [-0.2, 0) is 4.79 Å². The maximum atomic E-state index is 12.5. The van der Waals surface area contributed by atoms with Gasteiger partial charge in [0.15, 0.2) is 5.82 Å². The van der Waals surface area contributed by atoms with Gasteiger partial charge in [0, 0.05) is 42.6 Å². The third kappa shape index (κ3) is 3.85. The minimum absolute atomic E-state index is 0.131. The number of nitrogens with zero attached hydrogens (tertiary/aromatic N) is 3. The van der Waals surface area contributed by atoms with E-state index in [0.29, 0.717) is 30.4 Å². The number of aromatic amines is 1. The molecule has 148 valence electrons. The fraction of sp³-hybridized carbons (Fsp3) is 0.500. The number of nitrogens with one attached hydrogen (secondary N) is 2. The summed E-state index contributed by atoms with van der Waals surface area (Å²) in [7, 11) is 1.51. The molecule has 1 aromatic heterocycles. The predicted octanol–water partition coefficient (Wildman–Crippen LogP) is 2.00. The summed E-state index contributed by atoms with van der Waals surface area (Å²) in [5.41, 5.74) is 1.40. The molecule has 0 spiro atoms. The summed E-state index contributed by atoms with van der Waals surface area (Å²) in [6.07, 6.45) is 5.20. The Bertz CT molecular complexity index is 842. The van der Waals surface area contributed by atoms with E-state index in [0.717, 1.165) is 24.9 Å². The number of carbonyl (C=O) groups excluding carboxylic acids is 2. The van der Waals surface area contributed by atoms with Gasteiger partial charge < -0.3 is 15.0 Å². The zero-order valence-corrected chi connectivity index (χ0v) is 16.0. The summed E-state index contributed by atoms with van der Waals surface area (Å²) < 4.78 is 4.96. The van der Waals surface area contributed by atoms with E-state index >= 15 is 0 Å². The molecule has 0 bridgehead atoms. The first-order valence-corrected chi connectivity index (χ1v) is 9.78. The summed E-state index contributed by atoms with van der Waals surface area (Å²) in [5.74, 6) is 0.879. The lowest BCUT2D eigenvalue weighted by Gasteiger charge is -2.24. The molecule has 1 aromatic carbocycles. The second-order valence-corrected chi connectivity index (χ2v) is 7.51. The summed E-state index contributed by atoms with van der Waals surface area (Å²) in [5, 5.41) is 9.68. The molecule has 1 saturated heterocycles. The molecule has 1 atom stereocenters. The molecule has 8 heteroatoms. The molecule has 0 radical (unpaired) electrons. The molecule has 2 aromatic rings. The van der Waals surface area contributed by atoms with Crippen molar-refractivity contribution in [3.8, 4) is 17.4 Å². The summed E-state index contributed by atoms with van der Waals surface area (Å²) in [4.78, 5) is 30.9. The van der Waals surface area contributed by atoms with Crippen molar-refractivity contribution in [3.63, 3.8) is 0 Å². The third-order valence-electron chi connectivity index (χ3n) is 5.62. The van der Waals surface area contributed by atoms with Gasteiger partial charge in [-0.15, -0.1) is 5.10 Å². The van der Waals surface area contributed by atoms with Crippen LogP contribution < -0.4 is 10.1 Å². The Balaban J connectivity index is 1.31. The Morgan fingerprint density at radius 1 is 1.29 bits per heavy atom. The SMILES string of the molecule is COc1n[nH]c(-c2ccc(C(=O)NC[C@@H]3CC(=O)N(C4CCCC4)C3)cc2)n1. The molecule has 8 nitrogen and oxygen atoms in total. The number of hydrogen-bond acceptors (Lipinski definition) is 5. The average molecular weight is 383 g/mol. The highest BCUT2D eigenvalue weighted by Gasteiger charge is 2.35. The number of rotatable bonds is 6. The van der Waals surface area contributed by atoms with Crippen molar-refractivity contribution in [3.05, 3.63) is 29.8 Å². The van der Waals surface area contributed by atoms with Crippen molar-refractivity contribution in [2.45, 2.75) is 38.1 Å². The Hall–Kier alpha value is -2.90. The third-order valence-corrected chi connectivity index (χ3v) is 5.62. The van der Waals surface area contributed by atoms with Crippen LogP contribution in [0.15, 0.2) is 24.3 Å². The topological polar surface area (TPSA) is 100 Å². The molecule has 2 aliphatic rings. The number of methoxy groups -OCH3 is 1. The van der Waals surface area contributed by atoms with E-state index in [1.165, 1.54) is 20.0 Å². The van der Waals surface area contributed by atoms with Crippen molar-refractivity contribution < 1.29 is 14.3 Å². The highest BCUT2D eigenvalue weighted by atomic mass is 16.5. The largest absolute Gasteiger partial charge is 0.466 e. The zero-order chi connectivity index (χ0) is 19.5. The standard InChI is InChI=1S/C20H25N5O3/c1-28-20-22-18(23-24-20)14-6-8-15(9-7-14)19(27)21-11-13-10-17(26)25(12-13)16-4-2-3-5-16/h6-9,13,16H,2-5,10-12H2,1H3,(H,21,27)(H,22,23,24)/t13-/m0/s1. The van der Waals surface area contributed by atoms with Gasteiger partial charge in [0.2, 0.25) is 5.91 Å². The average Bonchev–Trinajstić information content (AvgIpc) is 3.46. The van der Waals surface area contributed by atoms with Crippen LogP contribution in [0, 0.1) is 5.92 Å². The van der Waals surface area contributed by atoms with Crippen molar-refractivity contribution >= 4 is 11.8 Å². The van der Waals surface area contributed by atoms with Crippen LogP contribution in [0.3, 0.4) is 0 Å². The monoisotopic (exact) mass is 383 g/mol. The van der Waals surface area contributed by atoms with E-state index in [4.69, 9.17) is 4.74 Å². The molecule has 1 saturated carbocycles. The molecular weight excluding hydrogens is 358 g/mol. The lowest BCUT2D eigenvalue weighted by molar-refractivity contribution is -0.129. The number of likely N-dealkylation sites (tertiary alicyclic amines) is 1. The van der Waals surface area contributed by atoms with Crippen molar-refractivity contribution in [1.82, 2.24) is 25.4 Å². The smallest absolute Gasteiger partial charge is 0.335 e. The van der Waals surface area contributed by atoms with Gasteiger partial charge in [-0.2, -0.15) is 4.98 Å². The van der Waals surface area contributed by atoms with E-state index in [-0.39, 0.29) is 23.7 Å². The Kier molecular flexibility index (Phi) is 5.27. The van der Waals surface area contributed by atoms with Crippen LogP contribution in [-0.4, -0.2) is 58.1 Å². The maximum absolute atomic E-state index is 12.5. The van der Waals surface area contributed by atoms with E-state index in [1.54, 1.807) is 12.1 Å². The molecule has 1 aliphatic heterocycles.